The van der Waals surface area contributed by atoms with Gasteiger partial charge in [0.2, 0.25) is 0 Å². The zero-order valence-electron chi connectivity index (χ0n) is 16.2. The van der Waals surface area contributed by atoms with E-state index in [9.17, 15) is 17.6 Å². The minimum Gasteiger partial charge on any atom is -0.206 e. The van der Waals surface area contributed by atoms with Crippen LogP contribution >= 0.6 is 0 Å². The third kappa shape index (κ3) is 3.76. The van der Waals surface area contributed by atoms with Crippen LogP contribution in [-0.4, -0.2) is 0 Å². The number of benzene rings is 2. The van der Waals surface area contributed by atoms with Gasteiger partial charge in [-0.1, -0.05) is 37.8 Å². The minimum absolute atomic E-state index is 0.0776. The molecule has 2 fully saturated rings. The van der Waals surface area contributed by atoms with E-state index >= 15 is 0 Å². The molecule has 0 amide bonds. The summed E-state index contributed by atoms with van der Waals surface area (Å²) in [4.78, 5) is 0. The molecule has 0 N–H and O–H groups in total. The summed E-state index contributed by atoms with van der Waals surface area (Å²) in [7, 11) is 0. The van der Waals surface area contributed by atoms with Gasteiger partial charge >= 0.3 is 0 Å². The molecular formula is C23H24F4. The van der Waals surface area contributed by atoms with Crippen molar-refractivity contribution in [3.8, 4) is 11.1 Å². The van der Waals surface area contributed by atoms with Crippen LogP contribution in [0.3, 0.4) is 0 Å². The molecule has 0 saturated heterocycles. The van der Waals surface area contributed by atoms with Crippen molar-refractivity contribution < 1.29 is 18.9 Å². The van der Waals surface area contributed by atoms with E-state index in [2.05, 4.69) is 0 Å². The zero-order chi connectivity index (χ0) is 19.8. The highest BCUT2D eigenvalue weighted by molar-refractivity contribution is 5.65. The number of hydrogen-bond acceptors (Lipinski definition) is 0. The number of hydrogen-bond donors (Lipinski definition) is 0. The van der Waals surface area contributed by atoms with Gasteiger partial charge in [-0.3, -0.25) is 0 Å². The Morgan fingerprint density at radius 3 is 2.07 bits per heavy atom. The van der Waals surface area contributed by atoms with Crippen LogP contribution in [0.25, 0.3) is 11.1 Å². The molecule has 0 nitrogen and oxygen atoms in total. The van der Waals surface area contributed by atoms with Gasteiger partial charge in [-0.2, -0.15) is 0 Å². The highest BCUT2D eigenvalue weighted by Crippen LogP contribution is 2.44. The first kappa shape index (κ1) is 17.3. The van der Waals surface area contributed by atoms with Gasteiger partial charge < -0.3 is 0 Å². The van der Waals surface area contributed by atoms with Crippen molar-refractivity contribution in [1.82, 2.24) is 0 Å². The third-order valence-corrected chi connectivity index (χ3v) is 6.51. The van der Waals surface area contributed by atoms with Gasteiger partial charge in [0.1, 0.15) is 5.82 Å². The van der Waals surface area contributed by atoms with E-state index < -0.39 is 29.3 Å². The van der Waals surface area contributed by atoms with Crippen LogP contribution < -0.4 is 0 Å². The molecule has 0 heterocycles. The molecule has 0 spiro atoms. The molecule has 0 bridgehead atoms. The topological polar surface area (TPSA) is 0 Å². The molecule has 0 radical (unpaired) electrons. The van der Waals surface area contributed by atoms with Crippen LogP contribution in [0.15, 0.2) is 30.3 Å². The van der Waals surface area contributed by atoms with Crippen molar-refractivity contribution in [3.63, 3.8) is 0 Å². The summed E-state index contributed by atoms with van der Waals surface area (Å²) in [6, 6.07) is 4.50. The van der Waals surface area contributed by atoms with E-state index in [4.69, 9.17) is 1.37 Å². The summed E-state index contributed by atoms with van der Waals surface area (Å²) in [5.74, 6) is -3.41. The molecule has 2 aliphatic rings. The van der Waals surface area contributed by atoms with Gasteiger partial charge in [0.05, 0.1) is 1.37 Å². The fourth-order valence-electron chi connectivity index (χ4n) is 5.01. The smallest absolute Gasteiger partial charge is 0.194 e. The van der Waals surface area contributed by atoms with E-state index in [1.165, 1.54) is 50.7 Å². The molecule has 0 aromatic heterocycles. The molecule has 0 atom stereocenters. The Kier molecular flexibility index (Phi) is 4.89. The minimum atomic E-state index is -1.70. The number of halogens is 4. The van der Waals surface area contributed by atoms with Crippen molar-refractivity contribution in [1.29, 1.82) is 0 Å². The van der Waals surface area contributed by atoms with Gasteiger partial charge in [-0.25, -0.2) is 17.6 Å². The first-order chi connectivity index (χ1) is 13.5. The predicted octanol–water partition coefficient (Wildman–Crippen LogP) is 7.37. The lowest BCUT2D eigenvalue weighted by atomic mass is 9.73. The standard InChI is InChI=1S/C23H24F4/c24-20-11-17(16-7-5-15(6-8-16)14-3-1-2-4-14)9-10-19(20)18-12-21(25)23(27)22(26)13-18/h9-16H,1-8H2/i12D. The molecule has 27 heavy (non-hydrogen) atoms. The van der Waals surface area contributed by atoms with Gasteiger partial charge in [-0.05, 0) is 72.7 Å². The molecule has 4 rings (SSSR count). The second kappa shape index (κ2) is 7.65. The molecule has 2 aliphatic carbocycles. The van der Waals surface area contributed by atoms with Crippen LogP contribution in [0.4, 0.5) is 17.6 Å². The highest BCUT2D eigenvalue weighted by Gasteiger charge is 2.30. The summed E-state index contributed by atoms with van der Waals surface area (Å²) in [5, 5.41) is 0. The normalized spacial score (nSPS) is 24.2. The van der Waals surface area contributed by atoms with Crippen molar-refractivity contribution in [2.75, 3.05) is 0 Å². The van der Waals surface area contributed by atoms with Crippen LogP contribution in [0.5, 0.6) is 0 Å². The van der Waals surface area contributed by atoms with Gasteiger partial charge in [0.25, 0.3) is 0 Å². The first-order valence-electron chi connectivity index (χ1n) is 10.4. The Hall–Kier alpha value is -1.84. The second-order valence-electron chi connectivity index (χ2n) is 8.05. The molecule has 144 valence electrons. The van der Waals surface area contributed by atoms with E-state index in [0.29, 0.717) is 12.0 Å². The summed E-state index contributed by atoms with van der Waals surface area (Å²) in [6.45, 7) is 0. The van der Waals surface area contributed by atoms with Crippen LogP contribution in [0.1, 0.15) is 64.2 Å². The second-order valence-corrected chi connectivity index (χ2v) is 8.05. The molecular weight excluding hydrogens is 352 g/mol. The van der Waals surface area contributed by atoms with E-state index in [1.807, 2.05) is 0 Å². The fraction of sp³-hybridized carbons (Fsp3) is 0.478. The lowest BCUT2D eigenvalue weighted by Crippen LogP contribution is -2.19. The predicted molar refractivity (Wildman–Crippen MR) is 98.4 cm³/mol. The Balaban J connectivity index is 1.53. The lowest BCUT2D eigenvalue weighted by molar-refractivity contribution is 0.235. The lowest BCUT2D eigenvalue weighted by Gasteiger charge is -2.32. The average Bonchev–Trinajstić information content (AvgIpc) is 3.24. The van der Waals surface area contributed by atoms with Crippen molar-refractivity contribution in [2.45, 2.75) is 57.3 Å². The quantitative estimate of drug-likeness (QED) is 0.387. The Labute approximate surface area is 159 Å². The SMILES string of the molecule is [2H]c1c(-c2ccc(C3CCC(C4CCCC4)CC3)cc2F)cc(F)c(F)c1F. The summed E-state index contributed by atoms with van der Waals surface area (Å²) in [5.41, 5.74) is 0.539. The maximum atomic E-state index is 14.7. The third-order valence-electron chi connectivity index (χ3n) is 6.51. The van der Waals surface area contributed by atoms with E-state index in [0.717, 1.165) is 30.2 Å². The van der Waals surface area contributed by atoms with E-state index in [-0.39, 0.29) is 11.1 Å². The van der Waals surface area contributed by atoms with Crippen LogP contribution in [0.2, 0.25) is 0 Å². The molecule has 2 aromatic rings. The molecule has 0 aliphatic heterocycles. The van der Waals surface area contributed by atoms with Crippen molar-refractivity contribution in [3.05, 3.63) is 59.1 Å². The van der Waals surface area contributed by atoms with E-state index in [1.54, 1.807) is 6.07 Å². The number of rotatable bonds is 3. The van der Waals surface area contributed by atoms with Crippen LogP contribution in [-0.2, 0) is 0 Å². The molecule has 2 saturated carbocycles. The Bertz CT molecular complexity index is 865. The average molecular weight is 377 g/mol. The van der Waals surface area contributed by atoms with Crippen molar-refractivity contribution in [2.24, 2.45) is 11.8 Å². The maximum absolute atomic E-state index is 14.7. The summed E-state index contributed by atoms with van der Waals surface area (Å²) in [6.07, 6.45) is 9.79. The molecule has 2 aromatic carbocycles. The largest absolute Gasteiger partial charge is 0.206 e. The zero-order valence-corrected chi connectivity index (χ0v) is 15.2. The Morgan fingerprint density at radius 2 is 1.41 bits per heavy atom. The van der Waals surface area contributed by atoms with Gasteiger partial charge in [-0.15, -0.1) is 0 Å². The highest BCUT2D eigenvalue weighted by atomic mass is 19.2. The molecule has 0 unspecified atom stereocenters. The molecule has 4 heteroatoms. The van der Waals surface area contributed by atoms with Crippen LogP contribution in [0, 0.1) is 35.1 Å². The van der Waals surface area contributed by atoms with Crippen molar-refractivity contribution >= 4 is 0 Å². The summed E-state index contributed by atoms with van der Waals surface area (Å²) < 4.78 is 62.9. The summed E-state index contributed by atoms with van der Waals surface area (Å²) >= 11 is 0. The Morgan fingerprint density at radius 1 is 0.741 bits per heavy atom. The first-order valence-corrected chi connectivity index (χ1v) is 9.89. The van der Waals surface area contributed by atoms with Gasteiger partial charge in [0.15, 0.2) is 17.5 Å². The fourth-order valence-corrected chi connectivity index (χ4v) is 5.01. The maximum Gasteiger partial charge on any atom is 0.194 e. The van der Waals surface area contributed by atoms with Gasteiger partial charge in [0, 0.05) is 5.56 Å². The monoisotopic (exact) mass is 377 g/mol.